The summed E-state index contributed by atoms with van der Waals surface area (Å²) >= 11 is 1.70. The molecule has 5 heteroatoms. The first-order valence-corrected chi connectivity index (χ1v) is 6.77. The molecule has 0 bridgehead atoms. The van der Waals surface area contributed by atoms with E-state index in [-0.39, 0.29) is 6.04 Å². The highest BCUT2D eigenvalue weighted by atomic mass is 32.1. The molecule has 0 saturated carbocycles. The maximum Gasteiger partial charge on any atom is 0.125 e. The molecular formula is C12H18N4S. The van der Waals surface area contributed by atoms with Crippen molar-refractivity contribution in [1.82, 2.24) is 19.9 Å². The SMILES string of the molecule is CCCNC(Cc1cncs1)c1nccn1C. The molecule has 0 aromatic carbocycles. The molecule has 2 rings (SSSR count). The van der Waals surface area contributed by atoms with Crippen LogP contribution in [0.2, 0.25) is 0 Å². The van der Waals surface area contributed by atoms with Crippen LogP contribution >= 0.6 is 11.3 Å². The van der Waals surface area contributed by atoms with Crippen molar-refractivity contribution in [2.75, 3.05) is 6.54 Å². The van der Waals surface area contributed by atoms with Gasteiger partial charge in [0, 0.05) is 36.9 Å². The van der Waals surface area contributed by atoms with Gasteiger partial charge in [-0.25, -0.2) is 4.98 Å². The van der Waals surface area contributed by atoms with E-state index in [1.807, 2.05) is 31.1 Å². The normalized spacial score (nSPS) is 12.8. The lowest BCUT2D eigenvalue weighted by Gasteiger charge is -2.17. The van der Waals surface area contributed by atoms with E-state index >= 15 is 0 Å². The van der Waals surface area contributed by atoms with Crippen molar-refractivity contribution in [1.29, 1.82) is 0 Å². The zero-order valence-electron chi connectivity index (χ0n) is 10.3. The quantitative estimate of drug-likeness (QED) is 0.854. The van der Waals surface area contributed by atoms with Gasteiger partial charge in [-0.15, -0.1) is 11.3 Å². The maximum absolute atomic E-state index is 4.43. The summed E-state index contributed by atoms with van der Waals surface area (Å²) in [6.45, 7) is 3.19. The molecule has 0 aliphatic carbocycles. The zero-order chi connectivity index (χ0) is 12.1. The number of nitrogens with zero attached hydrogens (tertiary/aromatic N) is 3. The van der Waals surface area contributed by atoms with Gasteiger partial charge in [0.25, 0.3) is 0 Å². The third-order valence-electron chi connectivity index (χ3n) is 2.70. The number of rotatable bonds is 6. The molecule has 2 heterocycles. The highest BCUT2D eigenvalue weighted by Crippen LogP contribution is 2.18. The lowest BCUT2D eigenvalue weighted by atomic mass is 10.1. The Balaban J connectivity index is 2.11. The Labute approximate surface area is 106 Å². The average molecular weight is 250 g/mol. The minimum atomic E-state index is 0.274. The summed E-state index contributed by atoms with van der Waals surface area (Å²) < 4.78 is 2.08. The Kier molecular flexibility index (Phi) is 4.28. The summed E-state index contributed by atoms with van der Waals surface area (Å²) in [7, 11) is 2.04. The van der Waals surface area contributed by atoms with E-state index in [2.05, 4.69) is 26.8 Å². The van der Waals surface area contributed by atoms with Gasteiger partial charge in [0.15, 0.2) is 0 Å². The minimum absolute atomic E-state index is 0.274. The van der Waals surface area contributed by atoms with Crippen LogP contribution in [-0.2, 0) is 13.5 Å². The van der Waals surface area contributed by atoms with Crippen molar-refractivity contribution >= 4 is 11.3 Å². The number of aromatic nitrogens is 3. The van der Waals surface area contributed by atoms with Crippen molar-refractivity contribution in [2.24, 2.45) is 7.05 Å². The second-order valence-corrected chi connectivity index (χ2v) is 5.05. The number of imidazole rings is 1. The first-order chi connectivity index (χ1) is 8.31. The fraction of sp³-hybridized carbons (Fsp3) is 0.500. The monoisotopic (exact) mass is 250 g/mol. The molecule has 0 fully saturated rings. The molecule has 4 nitrogen and oxygen atoms in total. The summed E-state index contributed by atoms with van der Waals surface area (Å²) in [6, 6.07) is 0.274. The van der Waals surface area contributed by atoms with Crippen molar-refractivity contribution in [3.63, 3.8) is 0 Å². The van der Waals surface area contributed by atoms with Gasteiger partial charge in [0.2, 0.25) is 0 Å². The molecule has 0 radical (unpaired) electrons. The van der Waals surface area contributed by atoms with Crippen molar-refractivity contribution in [3.05, 3.63) is 34.8 Å². The van der Waals surface area contributed by atoms with E-state index < -0.39 is 0 Å². The second-order valence-electron chi connectivity index (χ2n) is 4.07. The Hall–Kier alpha value is -1.20. The van der Waals surface area contributed by atoms with Gasteiger partial charge in [-0.1, -0.05) is 6.92 Å². The number of aryl methyl sites for hydroxylation is 1. The van der Waals surface area contributed by atoms with E-state index in [0.717, 1.165) is 25.2 Å². The van der Waals surface area contributed by atoms with Gasteiger partial charge in [-0.2, -0.15) is 0 Å². The number of nitrogens with one attached hydrogen (secondary N) is 1. The summed E-state index contributed by atoms with van der Waals surface area (Å²) in [5.74, 6) is 1.09. The van der Waals surface area contributed by atoms with Crippen LogP contribution in [0.3, 0.4) is 0 Å². The van der Waals surface area contributed by atoms with Crippen LogP contribution in [0.15, 0.2) is 24.1 Å². The maximum atomic E-state index is 4.43. The van der Waals surface area contributed by atoms with E-state index in [4.69, 9.17) is 0 Å². The van der Waals surface area contributed by atoms with Gasteiger partial charge >= 0.3 is 0 Å². The Morgan fingerprint density at radius 3 is 3.00 bits per heavy atom. The minimum Gasteiger partial charge on any atom is -0.337 e. The van der Waals surface area contributed by atoms with Crippen LogP contribution in [0.25, 0.3) is 0 Å². The molecule has 2 aromatic rings. The van der Waals surface area contributed by atoms with Crippen molar-refractivity contribution in [3.8, 4) is 0 Å². The van der Waals surface area contributed by atoms with Gasteiger partial charge in [0.05, 0.1) is 11.6 Å². The molecule has 0 saturated heterocycles. The topological polar surface area (TPSA) is 42.7 Å². The fourth-order valence-electron chi connectivity index (χ4n) is 1.83. The van der Waals surface area contributed by atoms with Crippen LogP contribution < -0.4 is 5.32 Å². The molecule has 1 N–H and O–H groups in total. The summed E-state index contributed by atoms with van der Waals surface area (Å²) in [6.07, 6.45) is 7.86. The van der Waals surface area contributed by atoms with Crippen LogP contribution in [0.4, 0.5) is 0 Å². The molecule has 0 aliphatic rings. The van der Waals surface area contributed by atoms with E-state index in [0.29, 0.717) is 0 Å². The van der Waals surface area contributed by atoms with Crippen molar-refractivity contribution in [2.45, 2.75) is 25.8 Å². The first-order valence-electron chi connectivity index (χ1n) is 5.89. The molecule has 0 amide bonds. The van der Waals surface area contributed by atoms with Gasteiger partial charge < -0.3 is 9.88 Å². The average Bonchev–Trinajstić information content (AvgIpc) is 2.95. The zero-order valence-corrected chi connectivity index (χ0v) is 11.1. The van der Waals surface area contributed by atoms with Crippen LogP contribution in [0.5, 0.6) is 0 Å². The molecule has 1 unspecified atom stereocenters. The number of thiazole rings is 1. The fourth-order valence-corrected chi connectivity index (χ4v) is 2.47. The highest BCUT2D eigenvalue weighted by Gasteiger charge is 2.16. The number of hydrogen-bond acceptors (Lipinski definition) is 4. The lowest BCUT2D eigenvalue weighted by Crippen LogP contribution is -2.26. The molecular weight excluding hydrogens is 232 g/mol. The largest absolute Gasteiger partial charge is 0.337 e. The Morgan fingerprint density at radius 2 is 2.41 bits per heavy atom. The molecule has 0 spiro atoms. The molecule has 92 valence electrons. The van der Waals surface area contributed by atoms with E-state index in [9.17, 15) is 0 Å². The van der Waals surface area contributed by atoms with E-state index in [1.54, 1.807) is 11.3 Å². The smallest absolute Gasteiger partial charge is 0.125 e. The first kappa shape index (κ1) is 12.3. The second kappa shape index (κ2) is 5.93. The molecule has 2 aromatic heterocycles. The molecule has 17 heavy (non-hydrogen) atoms. The standard InChI is InChI=1S/C12H18N4S/c1-3-4-14-11(7-10-8-13-9-17-10)12-15-5-6-16(12)2/h5-6,8-9,11,14H,3-4,7H2,1-2H3. The Bertz CT molecular complexity index is 435. The molecule has 1 atom stereocenters. The van der Waals surface area contributed by atoms with Crippen molar-refractivity contribution < 1.29 is 0 Å². The Morgan fingerprint density at radius 1 is 1.53 bits per heavy atom. The van der Waals surface area contributed by atoms with Gasteiger partial charge in [0.1, 0.15) is 5.82 Å². The third kappa shape index (κ3) is 3.14. The summed E-state index contributed by atoms with van der Waals surface area (Å²) in [5.41, 5.74) is 1.88. The lowest BCUT2D eigenvalue weighted by molar-refractivity contribution is 0.494. The predicted molar refractivity (Wildman–Crippen MR) is 70.1 cm³/mol. The third-order valence-corrected chi connectivity index (χ3v) is 3.50. The van der Waals surface area contributed by atoms with E-state index in [1.165, 1.54) is 4.88 Å². The predicted octanol–water partition coefficient (Wildman–Crippen LogP) is 2.16. The highest BCUT2D eigenvalue weighted by molar-refractivity contribution is 7.09. The molecule has 0 aliphatic heterocycles. The van der Waals surface area contributed by atoms with Gasteiger partial charge in [-0.3, -0.25) is 4.98 Å². The van der Waals surface area contributed by atoms with Gasteiger partial charge in [-0.05, 0) is 13.0 Å². The van der Waals surface area contributed by atoms with Crippen LogP contribution in [0, 0.1) is 0 Å². The van der Waals surface area contributed by atoms with Crippen LogP contribution in [-0.4, -0.2) is 21.1 Å². The summed E-state index contributed by atoms with van der Waals surface area (Å²) in [5, 5.41) is 3.55. The van der Waals surface area contributed by atoms with Crippen LogP contribution in [0.1, 0.15) is 30.1 Å². The summed E-state index contributed by atoms with van der Waals surface area (Å²) in [4.78, 5) is 9.85. The number of hydrogen-bond donors (Lipinski definition) is 1.